The first-order valence-electron chi connectivity index (χ1n) is 7.89. The van der Waals surface area contributed by atoms with Crippen LogP contribution in [0, 0.1) is 5.92 Å². The summed E-state index contributed by atoms with van der Waals surface area (Å²) < 4.78 is 0. The van der Waals surface area contributed by atoms with Gasteiger partial charge < -0.3 is 10.0 Å². The van der Waals surface area contributed by atoms with Gasteiger partial charge in [0, 0.05) is 12.2 Å². The average Bonchev–Trinajstić information content (AvgIpc) is 2.69. The number of anilines is 1. The molecule has 3 nitrogen and oxygen atoms in total. The molecule has 0 bridgehead atoms. The molecule has 3 heteroatoms. The SMILES string of the molecule is O=C(O)C1CCN2c3ccccc3Cc3ccccc3C2C1. The largest absolute Gasteiger partial charge is 0.481 e. The minimum absolute atomic E-state index is 0.176. The van der Waals surface area contributed by atoms with Crippen molar-refractivity contribution in [2.75, 3.05) is 11.4 Å². The number of benzene rings is 2. The fourth-order valence-corrected chi connectivity index (χ4v) is 3.94. The summed E-state index contributed by atoms with van der Waals surface area (Å²) in [5, 5.41) is 9.42. The number of carbonyl (C=O) groups is 1. The molecular weight excluding hydrogens is 274 g/mol. The first-order valence-corrected chi connectivity index (χ1v) is 7.89. The van der Waals surface area contributed by atoms with E-state index in [4.69, 9.17) is 0 Å². The molecule has 2 atom stereocenters. The Bertz CT molecular complexity index is 725. The van der Waals surface area contributed by atoms with Crippen LogP contribution < -0.4 is 4.90 Å². The monoisotopic (exact) mass is 293 g/mol. The van der Waals surface area contributed by atoms with Gasteiger partial charge in [-0.2, -0.15) is 0 Å². The van der Waals surface area contributed by atoms with Crippen molar-refractivity contribution in [2.24, 2.45) is 5.92 Å². The summed E-state index contributed by atoms with van der Waals surface area (Å²) in [4.78, 5) is 13.9. The van der Waals surface area contributed by atoms with Crippen LogP contribution in [0.3, 0.4) is 0 Å². The van der Waals surface area contributed by atoms with Gasteiger partial charge in [0.1, 0.15) is 0 Å². The minimum Gasteiger partial charge on any atom is -0.481 e. The minimum atomic E-state index is -0.658. The molecule has 112 valence electrons. The van der Waals surface area contributed by atoms with E-state index in [1.807, 2.05) is 0 Å². The molecule has 0 radical (unpaired) electrons. The van der Waals surface area contributed by atoms with E-state index >= 15 is 0 Å². The van der Waals surface area contributed by atoms with Crippen LogP contribution in [0.4, 0.5) is 5.69 Å². The lowest BCUT2D eigenvalue weighted by molar-refractivity contribution is -0.142. The van der Waals surface area contributed by atoms with E-state index in [9.17, 15) is 9.90 Å². The van der Waals surface area contributed by atoms with Crippen LogP contribution in [0.5, 0.6) is 0 Å². The summed E-state index contributed by atoms with van der Waals surface area (Å²) in [6.45, 7) is 0.812. The number of nitrogens with zero attached hydrogens (tertiary/aromatic N) is 1. The van der Waals surface area contributed by atoms with E-state index in [1.165, 1.54) is 22.4 Å². The van der Waals surface area contributed by atoms with Crippen molar-refractivity contribution >= 4 is 11.7 Å². The summed E-state index contributed by atoms with van der Waals surface area (Å²) in [7, 11) is 0. The van der Waals surface area contributed by atoms with Crippen LogP contribution in [0.2, 0.25) is 0 Å². The summed E-state index contributed by atoms with van der Waals surface area (Å²) in [5.74, 6) is -0.894. The van der Waals surface area contributed by atoms with Gasteiger partial charge in [0.25, 0.3) is 0 Å². The number of hydrogen-bond acceptors (Lipinski definition) is 2. The zero-order chi connectivity index (χ0) is 15.1. The first-order chi connectivity index (χ1) is 10.7. The first kappa shape index (κ1) is 13.4. The molecule has 1 saturated heterocycles. The molecule has 0 amide bonds. The third-order valence-corrected chi connectivity index (χ3v) is 5.05. The van der Waals surface area contributed by atoms with Crippen molar-refractivity contribution in [2.45, 2.75) is 25.3 Å². The molecule has 0 saturated carbocycles. The molecule has 0 aliphatic carbocycles. The van der Waals surface area contributed by atoms with Crippen molar-refractivity contribution < 1.29 is 9.90 Å². The maximum absolute atomic E-state index is 11.5. The van der Waals surface area contributed by atoms with Gasteiger partial charge in [0.15, 0.2) is 0 Å². The summed E-state index contributed by atoms with van der Waals surface area (Å²) in [6.07, 6.45) is 2.35. The van der Waals surface area contributed by atoms with Crippen LogP contribution >= 0.6 is 0 Å². The van der Waals surface area contributed by atoms with Gasteiger partial charge in [0.2, 0.25) is 0 Å². The van der Waals surface area contributed by atoms with Crippen LogP contribution in [0.25, 0.3) is 0 Å². The normalized spacial score (nSPS) is 23.0. The van der Waals surface area contributed by atoms with E-state index < -0.39 is 5.97 Å². The number of aliphatic carboxylic acids is 1. The van der Waals surface area contributed by atoms with Gasteiger partial charge >= 0.3 is 5.97 Å². The molecule has 22 heavy (non-hydrogen) atoms. The molecule has 0 aromatic heterocycles. The van der Waals surface area contributed by atoms with Crippen LogP contribution in [0.15, 0.2) is 48.5 Å². The molecule has 2 heterocycles. The molecule has 2 aliphatic heterocycles. The molecule has 0 spiro atoms. The van der Waals surface area contributed by atoms with E-state index in [0.29, 0.717) is 6.42 Å². The van der Waals surface area contributed by atoms with Crippen molar-refractivity contribution in [3.63, 3.8) is 0 Å². The maximum Gasteiger partial charge on any atom is 0.306 e. The molecule has 2 unspecified atom stereocenters. The third-order valence-electron chi connectivity index (χ3n) is 5.05. The average molecular weight is 293 g/mol. The molecule has 4 rings (SSSR count). The highest BCUT2D eigenvalue weighted by atomic mass is 16.4. The zero-order valence-corrected chi connectivity index (χ0v) is 12.4. The second-order valence-corrected chi connectivity index (χ2v) is 6.27. The highest BCUT2D eigenvalue weighted by molar-refractivity contribution is 5.71. The number of fused-ring (bicyclic) bond motifs is 5. The number of para-hydroxylation sites is 1. The molecular formula is C19H19NO2. The van der Waals surface area contributed by atoms with Gasteiger partial charge in [-0.05, 0) is 42.0 Å². The lowest BCUT2D eigenvalue weighted by Crippen LogP contribution is -2.39. The lowest BCUT2D eigenvalue weighted by atomic mass is 9.86. The van der Waals surface area contributed by atoms with Crippen molar-refractivity contribution in [1.82, 2.24) is 0 Å². The Hall–Kier alpha value is -2.29. The molecule has 1 N–H and O–H groups in total. The third kappa shape index (κ3) is 2.08. The zero-order valence-electron chi connectivity index (χ0n) is 12.4. The molecule has 1 fully saturated rings. The van der Waals surface area contributed by atoms with Crippen LogP contribution in [-0.2, 0) is 11.2 Å². The van der Waals surface area contributed by atoms with Gasteiger partial charge in [-0.15, -0.1) is 0 Å². The molecule has 2 aromatic carbocycles. The van der Waals surface area contributed by atoms with Crippen molar-refractivity contribution in [3.05, 3.63) is 65.2 Å². The standard InChI is InChI=1S/C19H19NO2/c21-19(22)15-9-10-20-17-8-4-2-6-14(17)11-13-5-1-3-7-16(13)18(20)12-15/h1-8,15,18H,9-12H2,(H,21,22). The highest BCUT2D eigenvalue weighted by Crippen LogP contribution is 2.43. The number of carboxylic acids is 1. The predicted octanol–water partition coefficient (Wildman–Crippen LogP) is 3.63. The Morgan fingerprint density at radius 2 is 1.77 bits per heavy atom. The number of rotatable bonds is 1. The van der Waals surface area contributed by atoms with E-state index in [0.717, 1.165) is 19.4 Å². The highest BCUT2D eigenvalue weighted by Gasteiger charge is 2.36. The number of carboxylic acid groups (broad SMARTS) is 1. The lowest BCUT2D eigenvalue weighted by Gasteiger charge is -2.40. The fraction of sp³-hybridized carbons (Fsp3) is 0.316. The van der Waals surface area contributed by atoms with Gasteiger partial charge in [-0.25, -0.2) is 0 Å². The smallest absolute Gasteiger partial charge is 0.306 e. The molecule has 2 aliphatic rings. The topological polar surface area (TPSA) is 40.5 Å². The van der Waals surface area contributed by atoms with Crippen LogP contribution in [0.1, 0.15) is 35.6 Å². The van der Waals surface area contributed by atoms with E-state index in [2.05, 4.69) is 53.4 Å². The van der Waals surface area contributed by atoms with E-state index in [-0.39, 0.29) is 12.0 Å². The predicted molar refractivity (Wildman–Crippen MR) is 86.1 cm³/mol. The van der Waals surface area contributed by atoms with E-state index in [1.54, 1.807) is 0 Å². The second-order valence-electron chi connectivity index (χ2n) is 6.27. The second kappa shape index (κ2) is 5.16. The van der Waals surface area contributed by atoms with Gasteiger partial charge in [-0.1, -0.05) is 42.5 Å². The van der Waals surface area contributed by atoms with Crippen LogP contribution in [-0.4, -0.2) is 17.6 Å². The van der Waals surface area contributed by atoms with Gasteiger partial charge in [0.05, 0.1) is 12.0 Å². The summed E-state index contributed by atoms with van der Waals surface area (Å²) >= 11 is 0. The number of hydrogen-bond donors (Lipinski definition) is 1. The van der Waals surface area contributed by atoms with Crippen molar-refractivity contribution in [3.8, 4) is 0 Å². The Labute approximate surface area is 130 Å². The fourth-order valence-electron chi connectivity index (χ4n) is 3.94. The Balaban J connectivity index is 1.85. The number of piperidine rings is 1. The van der Waals surface area contributed by atoms with Crippen molar-refractivity contribution in [1.29, 1.82) is 0 Å². The Kier molecular flexibility index (Phi) is 3.14. The maximum atomic E-state index is 11.5. The summed E-state index contributed by atoms with van der Waals surface area (Å²) in [5.41, 5.74) is 5.23. The summed E-state index contributed by atoms with van der Waals surface area (Å²) in [6, 6.07) is 17.2. The quantitative estimate of drug-likeness (QED) is 0.872. The van der Waals surface area contributed by atoms with Gasteiger partial charge in [-0.3, -0.25) is 4.79 Å². The Morgan fingerprint density at radius 1 is 1.05 bits per heavy atom. The molecule has 2 aromatic rings. The Morgan fingerprint density at radius 3 is 2.59 bits per heavy atom.